The third-order valence-corrected chi connectivity index (χ3v) is 4.25. The molecule has 0 spiro atoms. The highest BCUT2D eigenvalue weighted by Gasteiger charge is 2.16. The third kappa shape index (κ3) is 3.52. The number of thiophene rings is 1. The van der Waals surface area contributed by atoms with Crippen molar-refractivity contribution in [2.45, 2.75) is 0 Å². The van der Waals surface area contributed by atoms with E-state index in [1.807, 2.05) is 37.2 Å². The second-order valence-electron chi connectivity index (χ2n) is 5.28. The number of nitrogens with zero attached hydrogens (tertiary/aromatic N) is 2. The maximum Gasteiger partial charge on any atom is 0.0606 e. The quantitative estimate of drug-likeness (QED) is 0.679. The molecule has 120 valence electrons. The first-order valence-electron chi connectivity index (χ1n) is 7.18. The van der Waals surface area contributed by atoms with Gasteiger partial charge in [0.2, 0.25) is 0 Å². The predicted molar refractivity (Wildman–Crippen MR) is 94.9 cm³/mol. The van der Waals surface area contributed by atoms with Gasteiger partial charge in [-0.3, -0.25) is 0 Å². The van der Waals surface area contributed by atoms with Gasteiger partial charge in [-0.1, -0.05) is 0 Å². The van der Waals surface area contributed by atoms with E-state index in [-0.39, 0.29) is 13.2 Å². The topological polar surface area (TPSA) is 73.0 Å². The molecule has 6 heteroatoms. The lowest BCUT2D eigenvalue weighted by molar-refractivity contribution is 0.281. The van der Waals surface area contributed by atoms with Crippen molar-refractivity contribution in [1.82, 2.24) is 0 Å². The first kappa shape index (κ1) is 16.6. The van der Waals surface area contributed by atoms with E-state index in [2.05, 4.69) is 15.7 Å². The lowest BCUT2D eigenvalue weighted by atomic mass is 10.0. The van der Waals surface area contributed by atoms with Crippen molar-refractivity contribution in [1.29, 1.82) is 0 Å². The largest absolute Gasteiger partial charge is 0.399 e. The van der Waals surface area contributed by atoms with E-state index in [4.69, 9.17) is 5.73 Å². The average molecular weight is 321 g/mol. The Morgan fingerprint density at radius 3 is 2.27 bits per heavy atom. The van der Waals surface area contributed by atoms with Gasteiger partial charge < -0.3 is 25.7 Å². The molecular weight excluding hydrogens is 298 g/mol. The third-order valence-electron chi connectivity index (χ3n) is 3.51. The molecule has 1 heterocycles. The number of benzene rings is 1. The van der Waals surface area contributed by atoms with Gasteiger partial charge in [0, 0.05) is 60.4 Å². The summed E-state index contributed by atoms with van der Waals surface area (Å²) >= 11 is 1.64. The number of aliphatic hydroxyl groups is 2. The van der Waals surface area contributed by atoms with E-state index in [1.54, 1.807) is 11.3 Å². The van der Waals surface area contributed by atoms with Gasteiger partial charge in [-0.25, -0.2) is 0 Å². The van der Waals surface area contributed by atoms with Gasteiger partial charge in [0.15, 0.2) is 0 Å². The number of nitrogens with two attached hydrogens (primary N) is 1. The van der Waals surface area contributed by atoms with Crippen LogP contribution in [0.2, 0.25) is 0 Å². The average Bonchev–Trinajstić information content (AvgIpc) is 2.96. The Labute approximate surface area is 135 Å². The van der Waals surface area contributed by atoms with E-state index in [0.717, 1.165) is 22.5 Å². The molecule has 0 amide bonds. The maximum absolute atomic E-state index is 9.29. The molecule has 0 aliphatic carbocycles. The molecule has 0 atom stereocenters. The zero-order valence-electron chi connectivity index (χ0n) is 13.0. The summed E-state index contributed by atoms with van der Waals surface area (Å²) < 4.78 is 0. The molecule has 0 radical (unpaired) electrons. The Bertz CT molecular complexity index is 607. The van der Waals surface area contributed by atoms with Crippen LogP contribution in [-0.4, -0.2) is 50.6 Å². The molecule has 1 aromatic heterocycles. The highest BCUT2D eigenvalue weighted by Crippen LogP contribution is 2.40. The van der Waals surface area contributed by atoms with Crippen LogP contribution in [0.4, 0.5) is 17.1 Å². The fraction of sp³-hybridized carbons (Fsp3) is 0.375. The van der Waals surface area contributed by atoms with Crippen LogP contribution in [-0.2, 0) is 0 Å². The van der Waals surface area contributed by atoms with Crippen LogP contribution >= 0.6 is 11.3 Å². The van der Waals surface area contributed by atoms with Crippen molar-refractivity contribution >= 4 is 28.4 Å². The summed E-state index contributed by atoms with van der Waals surface area (Å²) in [6.07, 6.45) is 0. The van der Waals surface area contributed by atoms with Gasteiger partial charge in [-0.2, -0.15) is 0 Å². The van der Waals surface area contributed by atoms with E-state index in [9.17, 15) is 10.2 Å². The molecular formula is C16H23N3O2S. The number of anilines is 3. The van der Waals surface area contributed by atoms with Crippen LogP contribution in [0.15, 0.2) is 29.0 Å². The summed E-state index contributed by atoms with van der Waals surface area (Å²) in [7, 11) is 4.02. The Morgan fingerprint density at radius 2 is 1.68 bits per heavy atom. The molecule has 0 aliphatic rings. The van der Waals surface area contributed by atoms with Crippen molar-refractivity contribution < 1.29 is 10.2 Å². The summed E-state index contributed by atoms with van der Waals surface area (Å²) in [6, 6.07) is 5.75. The van der Waals surface area contributed by atoms with E-state index >= 15 is 0 Å². The van der Waals surface area contributed by atoms with Crippen LogP contribution in [0.5, 0.6) is 0 Å². The fourth-order valence-corrected chi connectivity index (χ4v) is 3.40. The van der Waals surface area contributed by atoms with Gasteiger partial charge in [0.25, 0.3) is 0 Å². The van der Waals surface area contributed by atoms with Crippen LogP contribution in [0.25, 0.3) is 11.1 Å². The second-order valence-corrected chi connectivity index (χ2v) is 6.02. The Kier molecular flexibility index (Phi) is 5.65. The summed E-state index contributed by atoms with van der Waals surface area (Å²) in [5, 5.41) is 22.8. The zero-order valence-corrected chi connectivity index (χ0v) is 13.8. The van der Waals surface area contributed by atoms with Crippen molar-refractivity contribution in [2.75, 3.05) is 55.9 Å². The number of rotatable bonds is 7. The lowest BCUT2D eigenvalue weighted by Crippen LogP contribution is -2.30. The standard InChI is InChI=1S/C16H23N3O2S/c1-18(2)16-11-22-10-14(16)13-9-12(17)3-4-15(13)19(5-7-20)6-8-21/h3-4,9-11,20-21H,5-8,17H2,1-2H3. The van der Waals surface area contributed by atoms with Crippen molar-refractivity contribution in [3.05, 3.63) is 29.0 Å². The minimum atomic E-state index is 0.0357. The van der Waals surface area contributed by atoms with Gasteiger partial charge in [0.05, 0.1) is 18.9 Å². The van der Waals surface area contributed by atoms with Gasteiger partial charge in [0.1, 0.15) is 0 Å². The highest BCUT2D eigenvalue weighted by atomic mass is 32.1. The van der Waals surface area contributed by atoms with Crippen LogP contribution in [0.3, 0.4) is 0 Å². The number of hydrogen-bond acceptors (Lipinski definition) is 6. The Balaban J connectivity index is 2.54. The van der Waals surface area contributed by atoms with Gasteiger partial charge in [-0.15, -0.1) is 11.3 Å². The van der Waals surface area contributed by atoms with Gasteiger partial charge >= 0.3 is 0 Å². The van der Waals surface area contributed by atoms with Crippen LogP contribution in [0.1, 0.15) is 0 Å². The van der Waals surface area contributed by atoms with E-state index in [1.165, 1.54) is 0 Å². The zero-order chi connectivity index (χ0) is 16.1. The molecule has 0 fully saturated rings. The predicted octanol–water partition coefficient (Wildman–Crippen LogP) is 1.85. The summed E-state index contributed by atoms with van der Waals surface area (Å²) in [5.74, 6) is 0. The van der Waals surface area contributed by atoms with Gasteiger partial charge in [-0.05, 0) is 18.2 Å². The Morgan fingerprint density at radius 1 is 1.00 bits per heavy atom. The fourth-order valence-electron chi connectivity index (χ4n) is 2.48. The van der Waals surface area contributed by atoms with Crippen molar-refractivity contribution in [2.24, 2.45) is 0 Å². The van der Waals surface area contributed by atoms with E-state index < -0.39 is 0 Å². The van der Waals surface area contributed by atoms with Crippen LogP contribution in [0, 0.1) is 0 Å². The summed E-state index contributed by atoms with van der Waals surface area (Å²) in [4.78, 5) is 4.05. The molecule has 0 unspecified atom stereocenters. The molecule has 0 aliphatic heterocycles. The normalized spacial score (nSPS) is 10.7. The highest BCUT2D eigenvalue weighted by molar-refractivity contribution is 7.08. The van der Waals surface area contributed by atoms with E-state index in [0.29, 0.717) is 18.8 Å². The molecule has 0 bridgehead atoms. The molecule has 5 nitrogen and oxygen atoms in total. The number of aliphatic hydroxyl groups excluding tert-OH is 2. The van der Waals surface area contributed by atoms with Crippen molar-refractivity contribution in [3.63, 3.8) is 0 Å². The molecule has 2 rings (SSSR count). The number of hydrogen-bond donors (Lipinski definition) is 3. The molecule has 4 N–H and O–H groups in total. The molecule has 22 heavy (non-hydrogen) atoms. The first-order valence-corrected chi connectivity index (χ1v) is 8.12. The maximum atomic E-state index is 9.29. The number of nitrogen functional groups attached to an aromatic ring is 1. The summed E-state index contributed by atoms with van der Waals surface area (Å²) in [5.41, 5.74) is 10.9. The monoisotopic (exact) mass is 321 g/mol. The minimum absolute atomic E-state index is 0.0357. The molecule has 0 saturated heterocycles. The van der Waals surface area contributed by atoms with Crippen molar-refractivity contribution in [3.8, 4) is 11.1 Å². The SMILES string of the molecule is CN(C)c1cscc1-c1cc(N)ccc1N(CCO)CCO. The smallest absolute Gasteiger partial charge is 0.0606 e. The summed E-state index contributed by atoms with van der Waals surface area (Å²) in [6.45, 7) is 1.01. The first-order chi connectivity index (χ1) is 10.6. The van der Waals surface area contributed by atoms with Crippen LogP contribution < -0.4 is 15.5 Å². The Hall–Kier alpha value is -1.76. The lowest BCUT2D eigenvalue weighted by Gasteiger charge is -2.26. The minimum Gasteiger partial charge on any atom is -0.399 e. The molecule has 2 aromatic rings. The molecule has 0 saturated carbocycles. The molecule has 1 aromatic carbocycles. The second kappa shape index (κ2) is 7.49.